The van der Waals surface area contributed by atoms with Crippen LogP contribution in [-0.2, 0) is 16.6 Å². The number of nitrogens with one attached hydrogen (secondary N) is 2. The first-order chi connectivity index (χ1) is 8.45. The molecule has 6 nitrogen and oxygen atoms in total. The largest absolute Gasteiger partial charge is 0.325 e. The van der Waals surface area contributed by atoms with Gasteiger partial charge < -0.3 is 5.73 Å². The minimum Gasteiger partial charge on any atom is -0.325 e. The first-order valence-corrected chi connectivity index (χ1v) is 7.67. The number of rotatable bonds is 6. The van der Waals surface area contributed by atoms with Gasteiger partial charge in [0.25, 0.3) is 0 Å². The Morgan fingerprint density at radius 1 is 1.56 bits per heavy atom. The average molecular weight is 272 g/mol. The lowest BCUT2D eigenvalue weighted by atomic mass is 10.1. The second-order valence-electron chi connectivity index (χ2n) is 5.00. The molecule has 1 aromatic heterocycles. The van der Waals surface area contributed by atoms with Gasteiger partial charge in [-0.2, -0.15) is 5.10 Å². The minimum atomic E-state index is -3.51. The maximum absolute atomic E-state index is 12.2. The summed E-state index contributed by atoms with van der Waals surface area (Å²) in [7, 11) is -3.51. The molecule has 0 aliphatic heterocycles. The molecule has 4 N–H and O–H groups in total. The second kappa shape index (κ2) is 4.99. The van der Waals surface area contributed by atoms with E-state index >= 15 is 0 Å². The Labute approximate surface area is 107 Å². The van der Waals surface area contributed by atoms with Gasteiger partial charge >= 0.3 is 0 Å². The molecule has 1 atom stereocenters. The molecule has 0 bridgehead atoms. The van der Waals surface area contributed by atoms with Gasteiger partial charge in [0.05, 0.1) is 11.4 Å². The number of hydrogen-bond acceptors (Lipinski definition) is 4. The van der Waals surface area contributed by atoms with Gasteiger partial charge in [0.15, 0.2) is 0 Å². The van der Waals surface area contributed by atoms with Gasteiger partial charge in [0.2, 0.25) is 10.0 Å². The van der Waals surface area contributed by atoms with E-state index in [1.807, 2.05) is 0 Å². The van der Waals surface area contributed by atoms with Crippen LogP contribution in [0.1, 0.15) is 31.2 Å². The lowest BCUT2D eigenvalue weighted by Gasteiger charge is -2.12. The summed E-state index contributed by atoms with van der Waals surface area (Å²) in [6.45, 7) is 4.34. The van der Waals surface area contributed by atoms with Crippen LogP contribution in [0.3, 0.4) is 0 Å². The van der Waals surface area contributed by atoms with E-state index in [-0.39, 0.29) is 11.4 Å². The van der Waals surface area contributed by atoms with Crippen molar-refractivity contribution >= 4 is 10.0 Å². The molecular weight excluding hydrogens is 252 g/mol. The Balaban J connectivity index is 2.11. The van der Waals surface area contributed by atoms with Crippen molar-refractivity contribution in [3.63, 3.8) is 0 Å². The highest BCUT2D eigenvalue weighted by Gasteiger charge is 2.30. The van der Waals surface area contributed by atoms with Crippen molar-refractivity contribution in [3.05, 3.63) is 11.4 Å². The lowest BCUT2D eigenvalue weighted by molar-refractivity contribution is 0.491. The Morgan fingerprint density at radius 2 is 2.22 bits per heavy atom. The molecule has 2 rings (SSSR count). The number of aromatic amines is 1. The number of sulfonamides is 1. The number of hydrogen-bond donors (Lipinski definition) is 3. The van der Waals surface area contributed by atoms with Crippen molar-refractivity contribution in [1.82, 2.24) is 14.9 Å². The summed E-state index contributed by atoms with van der Waals surface area (Å²) in [6, 6.07) is 0. The van der Waals surface area contributed by atoms with Crippen LogP contribution in [0.15, 0.2) is 4.90 Å². The van der Waals surface area contributed by atoms with Crippen molar-refractivity contribution in [1.29, 1.82) is 0 Å². The smallest absolute Gasteiger partial charge is 0.244 e. The molecule has 0 radical (unpaired) electrons. The quantitative estimate of drug-likeness (QED) is 0.702. The normalized spacial score (nSPS) is 17.9. The van der Waals surface area contributed by atoms with Crippen LogP contribution in [0.5, 0.6) is 0 Å². The van der Waals surface area contributed by atoms with Gasteiger partial charge in [-0.05, 0) is 31.6 Å². The molecule has 1 fully saturated rings. The Kier molecular flexibility index (Phi) is 3.74. The summed E-state index contributed by atoms with van der Waals surface area (Å²) in [6.07, 6.45) is 2.42. The molecule has 1 unspecified atom stereocenters. The summed E-state index contributed by atoms with van der Waals surface area (Å²) in [5.41, 5.74) is 6.42. The fraction of sp³-hybridized carbons (Fsp3) is 0.727. The molecule has 1 heterocycles. The zero-order chi connectivity index (χ0) is 13.3. The third-order valence-electron chi connectivity index (χ3n) is 3.45. The predicted octanol–water partition coefficient (Wildman–Crippen LogP) is 0.501. The average Bonchev–Trinajstić information content (AvgIpc) is 3.09. The van der Waals surface area contributed by atoms with Gasteiger partial charge in [-0.1, -0.05) is 6.92 Å². The molecule has 0 amide bonds. The third-order valence-corrected chi connectivity index (χ3v) is 5.07. The molecule has 102 valence electrons. The summed E-state index contributed by atoms with van der Waals surface area (Å²) in [5.74, 6) is 1.06. The fourth-order valence-electron chi connectivity index (χ4n) is 2.11. The third kappa shape index (κ3) is 2.73. The van der Waals surface area contributed by atoms with E-state index in [9.17, 15) is 8.42 Å². The number of nitrogens with two attached hydrogens (primary N) is 1. The maximum atomic E-state index is 12.2. The zero-order valence-corrected chi connectivity index (χ0v) is 11.5. The summed E-state index contributed by atoms with van der Waals surface area (Å²) in [5, 5.41) is 6.57. The number of aryl methyl sites for hydroxylation is 1. The molecule has 1 aliphatic rings. The minimum absolute atomic E-state index is 0.110. The molecule has 0 saturated heterocycles. The number of aromatic nitrogens is 2. The highest BCUT2D eigenvalue weighted by molar-refractivity contribution is 7.89. The van der Waals surface area contributed by atoms with E-state index in [2.05, 4.69) is 21.8 Å². The van der Waals surface area contributed by atoms with E-state index in [4.69, 9.17) is 5.73 Å². The maximum Gasteiger partial charge on any atom is 0.244 e. The van der Waals surface area contributed by atoms with Gasteiger partial charge in [0.1, 0.15) is 4.90 Å². The topological polar surface area (TPSA) is 101 Å². The second-order valence-corrected chi connectivity index (χ2v) is 6.70. The molecule has 1 aromatic rings. The standard InChI is InChI=1S/C11H20N4O2S/c1-7(9-3-4-9)6-13-18(16,17)11-8(2)14-15-10(11)5-12/h7,9,13H,3-6,12H2,1-2H3,(H,14,15). The number of H-pyrrole nitrogens is 1. The van der Waals surface area contributed by atoms with Crippen molar-refractivity contribution in [2.24, 2.45) is 17.6 Å². The van der Waals surface area contributed by atoms with Gasteiger partial charge in [0, 0.05) is 13.1 Å². The highest BCUT2D eigenvalue weighted by Crippen LogP contribution is 2.36. The predicted molar refractivity (Wildman–Crippen MR) is 68.3 cm³/mol. The van der Waals surface area contributed by atoms with E-state index in [0.29, 0.717) is 29.8 Å². The van der Waals surface area contributed by atoms with Gasteiger partial charge in [-0.3, -0.25) is 5.10 Å². The molecule has 0 aromatic carbocycles. The molecule has 1 saturated carbocycles. The van der Waals surface area contributed by atoms with Crippen molar-refractivity contribution in [3.8, 4) is 0 Å². The van der Waals surface area contributed by atoms with Crippen LogP contribution in [0.2, 0.25) is 0 Å². The summed E-state index contributed by atoms with van der Waals surface area (Å²) < 4.78 is 27.1. The van der Waals surface area contributed by atoms with Crippen molar-refractivity contribution < 1.29 is 8.42 Å². The monoisotopic (exact) mass is 272 g/mol. The van der Waals surface area contributed by atoms with E-state index in [1.54, 1.807) is 6.92 Å². The van der Waals surface area contributed by atoms with Crippen molar-refractivity contribution in [2.45, 2.75) is 38.1 Å². The van der Waals surface area contributed by atoms with E-state index in [1.165, 1.54) is 12.8 Å². The Bertz CT molecular complexity index is 519. The molecule has 1 aliphatic carbocycles. The Hall–Kier alpha value is -0.920. The van der Waals surface area contributed by atoms with Crippen LogP contribution < -0.4 is 10.5 Å². The van der Waals surface area contributed by atoms with Crippen molar-refractivity contribution in [2.75, 3.05) is 6.54 Å². The summed E-state index contributed by atoms with van der Waals surface area (Å²) in [4.78, 5) is 0.202. The van der Waals surface area contributed by atoms with Gasteiger partial charge in [-0.25, -0.2) is 13.1 Å². The molecule has 0 spiro atoms. The number of nitrogens with zero attached hydrogens (tertiary/aromatic N) is 1. The molecule has 18 heavy (non-hydrogen) atoms. The van der Waals surface area contributed by atoms with Gasteiger partial charge in [-0.15, -0.1) is 0 Å². The first kappa shape index (κ1) is 13.5. The SMILES string of the molecule is Cc1[nH]nc(CN)c1S(=O)(=O)NCC(C)C1CC1. The first-order valence-electron chi connectivity index (χ1n) is 6.19. The Morgan fingerprint density at radius 3 is 2.78 bits per heavy atom. The van der Waals surface area contributed by atoms with Crippen LogP contribution in [0.25, 0.3) is 0 Å². The van der Waals surface area contributed by atoms with E-state index < -0.39 is 10.0 Å². The highest BCUT2D eigenvalue weighted by atomic mass is 32.2. The molecule has 7 heteroatoms. The van der Waals surface area contributed by atoms with E-state index in [0.717, 1.165) is 0 Å². The lowest BCUT2D eigenvalue weighted by Crippen LogP contribution is -2.30. The van der Waals surface area contributed by atoms with Crippen LogP contribution in [0.4, 0.5) is 0 Å². The fourth-order valence-corrected chi connectivity index (χ4v) is 3.62. The molecular formula is C11H20N4O2S. The van der Waals surface area contributed by atoms with Crippen LogP contribution in [-0.4, -0.2) is 25.2 Å². The van der Waals surface area contributed by atoms with Crippen LogP contribution in [0, 0.1) is 18.8 Å². The zero-order valence-electron chi connectivity index (χ0n) is 10.7. The van der Waals surface area contributed by atoms with Crippen LogP contribution >= 0.6 is 0 Å². The summed E-state index contributed by atoms with van der Waals surface area (Å²) >= 11 is 0.